The van der Waals surface area contributed by atoms with Gasteiger partial charge < -0.3 is 31.1 Å². The minimum atomic E-state index is -1.07. The van der Waals surface area contributed by atoms with Crippen LogP contribution in [0.3, 0.4) is 0 Å². The van der Waals surface area contributed by atoms with Crippen molar-refractivity contribution in [2.24, 2.45) is 0 Å². The summed E-state index contributed by atoms with van der Waals surface area (Å²) in [7, 11) is 0. The Labute approximate surface area is 191 Å². The van der Waals surface area contributed by atoms with Gasteiger partial charge in [0.1, 0.15) is 0 Å². The van der Waals surface area contributed by atoms with Crippen LogP contribution in [0.4, 0.5) is 0 Å². The fourth-order valence-electron chi connectivity index (χ4n) is 1.91. The van der Waals surface area contributed by atoms with Crippen LogP contribution in [-0.4, -0.2) is 70.8 Å². The lowest BCUT2D eigenvalue weighted by Gasteiger charge is -2.18. The quantitative estimate of drug-likeness (QED) is 0.211. The molecule has 0 aromatic heterocycles. The van der Waals surface area contributed by atoms with Crippen molar-refractivity contribution in [3.8, 4) is 0 Å². The lowest BCUT2D eigenvalue weighted by atomic mass is 10.0. The molecule has 0 fully saturated rings. The Bertz CT molecular complexity index is 633. The molecule has 11 heteroatoms. The molecule has 8 nitrogen and oxygen atoms in total. The Morgan fingerprint density at radius 2 is 1.19 bits per heavy atom. The van der Waals surface area contributed by atoms with E-state index in [1.165, 1.54) is 0 Å². The molecule has 146 valence electrons. The largest absolute Gasteiger partial charge is 0.394 e. The maximum atomic E-state index is 12.5. The van der Waals surface area contributed by atoms with Crippen molar-refractivity contribution in [2.75, 3.05) is 26.3 Å². The van der Waals surface area contributed by atoms with Gasteiger partial charge in [-0.1, -0.05) is 0 Å². The van der Waals surface area contributed by atoms with Gasteiger partial charge in [0.15, 0.2) is 0 Å². The number of benzene rings is 1. The third-order valence-corrected chi connectivity index (χ3v) is 7.18. The molecule has 0 aliphatic heterocycles. The van der Waals surface area contributed by atoms with Crippen molar-refractivity contribution in [1.82, 2.24) is 10.6 Å². The van der Waals surface area contributed by atoms with Crippen molar-refractivity contribution >= 4 is 79.6 Å². The highest BCUT2D eigenvalue weighted by atomic mass is 127. The summed E-state index contributed by atoms with van der Waals surface area (Å²) >= 11 is 5.97. The van der Waals surface area contributed by atoms with Crippen LogP contribution >= 0.6 is 67.8 Å². The molecule has 0 aliphatic rings. The van der Waals surface area contributed by atoms with Crippen LogP contribution in [-0.2, 0) is 0 Å². The molecule has 0 saturated carbocycles. The summed E-state index contributed by atoms with van der Waals surface area (Å²) < 4.78 is 1.80. The second-order valence-electron chi connectivity index (χ2n) is 5.41. The fourth-order valence-corrected chi connectivity index (χ4v) is 6.06. The molecule has 2 amide bonds. The summed E-state index contributed by atoms with van der Waals surface area (Å²) in [4.78, 5) is 25.1. The minimum absolute atomic E-state index is 0.114. The van der Waals surface area contributed by atoms with Gasteiger partial charge in [0, 0.05) is 23.8 Å². The van der Waals surface area contributed by atoms with Gasteiger partial charge in [0.25, 0.3) is 11.8 Å². The van der Waals surface area contributed by atoms with E-state index in [4.69, 9.17) is 10.2 Å². The summed E-state index contributed by atoms with van der Waals surface area (Å²) in [5.41, 5.74) is 1.37. The SMILES string of the molecule is Cc1c(I)c(C(=O)NCC(O)CO)c(I)c(C(=O)NCC(O)CO)c1I. The third-order valence-electron chi connectivity index (χ3n) is 3.41. The number of carbonyl (C=O) groups excluding carboxylic acids is 2. The maximum absolute atomic E-state index is 12.5. The number of aliphatic hydroxyl groups excluding tert-OH is 4. The molecule has 6 N–H and O–H groups in total. The predicted octanol–water partition coefficient (Wildman–Crippen LogP) is -0.0252. The van der Waals surface area contributed by atoms with E-state index in [0.717, 1.165) is 5.56 Å². The van der Waals surface area contributed by atoms with Crippen LogP contribution in [0.25, 0.3) is 0 Å². The highest BCUT2D eigenvalue weighted by molar-refractivity contribution is 14.1. The van der Waals surface area contributed by atoms with Gasteiger partial charge in [0.2, 0.25) is 0 Å². The van der Waals surface area contributed by atoms with E-state index < -0.39 is 37.2 Å². The molecule has 1 aromatic carbocycles. The van der Waals surface area contributed by atoms with Gasteiger partial charge in [0.05, 0.1) is 36.5 Å². The topological polar surface area (TPSA) is 139 Å². The molecule has 2 unspecified atom stereocenters. The van der Waals surface area contributed by atoms with E-state index in [0.29, 0.717) is 21.8 Å². The summed E-state index contributed by atoms with van der Waals surface area (Å²) in [5.74, 6) is -0.925. The van der Waals surface area contributed by atoms with Gasteiger partial charge in [-0.3, -0.25) is 9.59 Å². The molecule has 0 heterocycles. The standard InChI is InChI=1S/C15H19I3N2O6/c1-6-11(16)9(14(25)19-2-7(23)4-21)13(18)10(12(6)17)15(26)20-3-8(24)5-22/h7-8,21-24H,2-5H2,1H3,(H,19,25)(H,20,26). The zero-order chi connectivity index (χ0) is 20.0. The Balaban J connectivity index is 3.22. The number of amides is 2. The van der Waals surface area contributed by atoms with Crippen molar-refractivity contribution < 1.29 is 30.0 Å². The summed E-state index contributed by atoms with van der Waals surface area (Å²) in [6.07, 6.45) is -2.14. The second kappa shape index (κ2) is 11.3. The van der Waals surface area contributed by atoms with Crippen molar-refractivity contribution in [1.29, 1.82) is 0 Å². The number of rotatable bonds is 8. The highest BCUT2D eigenvalue weighted by Gasteiger charge is 2.26. The molecule has 2 atom stereocenters. The first-order valence-electron chi connectivity index (χ1n) is 7.46. The lowest BCUT2D eigenvalue weighted by Crippen LogP contribution is -2.37. The number of halogens is 3. The molecule has 26 heavy (non-hydrogen) atoms. The van der Waals surface area contributed by atoms with Crippen LogP contribution in [0.15, 0.2) is 0 Å². The minimum Gasteiger partial charge on any atom is -0.394 e. The first kappa shape index (κ1) is 24.2. The fraction of sp³-hybridized carbons (Fsp3) is 0.467. The van der Waals surface area contributed by atoms with Crippen molar-refractivity contribution in [3.63, 3.8) is 0 Å². The molecular formula is C15H19I3N2O6. The first-order valence-corrected chi connectivity index (χ1v) is 10.7. The summed E-state index contributed by atoms with van der Waals surface area (Å²) in [6, 6.07) is 0. The molecule has 0 saturated heterocycles. The number of carbonyl (C=O) groups is 2. The molecule has 0 radical (unpaired) electrons. The smallest absolute Gasteiger partial charge is 0.253 e. The Hall–Kier alpha value is 0.190. The van der Waals surface area contributed by atoms with Crippen LogP contribution in [0.5, 0.6) is 0 Å². The van der Waals surface area contributed by atoms with E-state index in [9.17, 15) is 19.8 Å². The molecule has 0 bridgehead atoms. The van der Waals surface area contributed by atoms with Crippen LogP contribution in [0, 0.1) is 17.6 Å². The second-order valence-corrected chi connectivity index (χ2v) is 8.65. The third kappa shape index (κ3) is 6.10. The van der Waals surface area contributed by atoms with Crippen LogP contribution in [0.2, 0.25) is 0 Å². The van der Waals surface area contributed by atoms with Gasteiger partial charge in [-0.05, 0) is 80.3 Å². The highest BCUT2D eigenvalue weighted by Crippen LogP contribution is 2.31. The maximum Gasteiger partial charge on any atom is 0.253 e. The molecular weight excluding hydrogens is 685 g/mol. The Morgan fingerprint density at radius 1 is 0.846 bits per heavy atom. The van der Waals surface area contributed by atoms with E-state index in [2.05, 4.69) is 10.6 Å². The number of hydrogen-bond acceptors (Lipinski definition) is 6. The van der Waals surface area contributed by atoms with Gasteiger partial charge >= 0.3 is 0 Å². The lowest BCUT2D eigenvalue weighted by molar-refractivity contribution is 0.0798. The molecule has 0 spiro atoms. The van der Waals surface area contributed by atoms with Gasteiger partial charge in [-0.15, -0.1) is 0 Å². The van der Waals surface area contributed by atoms with Crippen molar-refractivity contribution in [2.45, 2.75) is 19.1 Å². The van der Waals surface area contributed by atoms with Crippen LogP contribution < -0.4 is 10.6 Å². The molecule has 1 aromatic rings. The van der Waals surface area contributed by atoms with Crippen molar-refractivity contribution in [3.05, 3.63) is 27.4 Å². The van der Waals surface area contributed by atoms with Gasteiger partial charge in [-0.25, -0.2) is 0 Å². The normalized spacial score (nSPS) is 13.2. The average molecular weight is 704 g/mol. The first-order chi connectivity index (χ1) is 12.1. The van der Waals surface area contributed by atoms with E-state index in [1.807, 2.05) is 67.8 Å². The molecule has 1 rings (SSSR count). The summed E-state index contributed by atoms with van der Waals surface area (Å²) in [5, 5.41) is 41.6. The van der Waals surface area contributed by atoms with Crippen LogP contribution in [0.1, 0.15) is 26.3 Å². The van der Waals surface area contributed by atoms with Gasteiger partial charge in [-0.2, -0.15) is 0 Å². The Morgan fingerprint density at radius 3 is 1.50 bits per heavy atom. The van der Waals surface area contributed by atoms with E-state index >= 15 is 0 Å². The van der Waals surface area contributed by atoms with E-state index in [1.54, 1.807) is 6.92 Å². The monoisotopic (exact) mass is 704 g/mol. The predicted molar refractivity (Wildman–Crippen MR) is 120 cm³/mol. The Kier molecular flexibility index (Phi) is 10.5. The zero-order valence-electron chi connectivity index (χ0n) is 13.7. The average Bonchev–Trinajstić information content (AvgIpc) is 2.62. The van der Waals surface area contributed by atoms with E-state index in [-0.39, 0.29) is 13.1 Å². The molecule has 0 aliphatic carbocycles. The summed E-state index contributed by atoms with van der Waals surface area (Å²) in [6.45, 7) is 0.619. The number of nitrogens with one attached hydrogen (secondary N) is 2. The number of hydrogen-bond donors (Lipinski definition) is 6. The number of aliphatic hydroxyl groups is 4. The zero-order valence-corrected chi connectivity index (χ0v) is 20.2.